The van der Waals surface area contributed by atoms with E-state index >= 15 is 0 Å². The zero-order valence-corrected chi connectivity index (χ0v) is 25.3. The van der Waals surface area contributed by atoms with Gasteiger partial charge in [0.25, 0.3) is 0 Å². The summed E-state index contributed by atoms with van der Waals surface area (Å²) in [4.78, 5) is 37.2. The molecule has 1 aromatic rings. The van der Waals surface area contributed by atoms with E-state index in [4.69, 9.17) is 18.4 Å². The summed E-state index contributed by atoms with van der Waals surface area (Å²) in [5.74, 6) is -1.22. The molecule has 0 fully saturated rings. The van der Waals surface area contributed by atoms with Crippen molar-refractivity contribution < 1.29 is 41.2 Å². The average molecular weight is 573 g/mol. The average Bonchev–Trinajstić information content (AvgIpc) is 2.78. The molecule has 1 aromatic carbocycles. The summed E-state index contributed by atoms with van der Waals surface area (Å²) in [6.07, 6.45) is -0.559. The molecule has 11 nitrogen and oxygen atoms in total. The summed E-state index contributed by atoms with van der Waals surface area (Å²) < 4.78 is 48.7. The smallest absolute Gasteiger partial charge is 0.408 e. The molecule has 0 spiro atoms. The fourth-order valence-electron chi connectivity index (χ4n) is 2.92. The maximum atomic E-state index is 12.9. The quantitative estimate of drug-likeness (QED) is 0.266. The van der Waals surface area contributed by atoms with Crippen molar-refractivity contribution in [2.24, 2.45) is 10.8 Å². The molecule has 0 unspecified atom stereocenters. The van der Waals surface area contributed by atoms with Gasteiger partial charge in [-0.3, -0.25) is 8.98 Å². The fourth-order valence-corrected chi connectivity index (χ4v) is 4.05. The van der Waals surface area contributed by atoms with Crippen LogP contribution in [0.4, 0.5) is 4.79 Å². The number of amides is 1. The summed E-state index contributed by atoms with van der Waals surface area (Å²) in [6, 6.07) is 6.33. The highest BCUT2D eigenvalue weighted by molar-refractivity contribution is 7.84. The van der Waals surface area contributed by atoms with Crippen molar-refractivity contribution in [2.45, 2.75) is 93.0 Å². The summed E-state index contributed by atoms with van der Waals surface area (Å²) in [6.45, 7) is 14.9. The predicted octanol–water partition coefficient (Wildman–Crippen LogP) is 3.87. The lowest BCUT2D eigenvalue weighted by Gasteiger charge is -2.28. The Morgan fingerprint density at radius 2 is 1.51 bits per heavy atom. The molecular formula is C27H44N2O9S. The molecule has 0 saturated heterocycles. The van der Waals surface area contributed by atoms with Gasteiger partial charge >= 0.3 is 28.3 Å². The van der Waals surface area contributed by atoms with Crippen molar-refractivity contribution in [1.29, 1.82) is 0 Å². The van der Waals surface area contributed by atoms with Gasteiger partial charge in [0.1, 0.15) is 18.2 Å². The van der Waals surface area contributed by atoms with Crippen LogP contribution in [-0.2, 0) is 44.9 Å². The molecule has 0 aliphatic rings. The van der Waals surface area contributed by atoms with Gasteiger partial charge in [-0.1, -0.05) is 44.2 Å². The van der Waals surface area contributed by atoms with Crippen LogP contribution in [-0.4, -0.2) is 57.3 Å². The lowest BCUT2D eigenvalue weighted by atomic mass is 9.91. The summed E-state index contributed by atoms with van der Waals surface area (Å²) >= 11 is 0. The first kappa shape index (κ1) is 34.3. The molecule has 39 heavy (non-hydrogen) atoms. The van der Waals surface area contributed by atoms with E-state index in [2.05, 4.69) is 10.0 Å². The van der Waals surface area contributed by atoms with Crippen LogP contribution in [0.25, 0.3) is 0 Å². The minimum absolute atomic E-state index is 0.0733. The zero-order valence-electron chi connectivity index (χ0n) is 24.5. The van der Waals surface area contributed by atoms with E-state index in [1.165, 1.54) is 6.92 Å². The van der Waals surface area contributed by atoms with Crippen LogP contribution in [0.2, 0.25) is 0 Å². The first-order chi connectivity index (χ1) is 17.7. The highest BCUT2D eigenvalue weighted by atomic mass is 32.2. The highest BCUT2D eigenvalue weighted by Gasteiger charge is 2.34. The second kappa shape index (κ2) is 14.1. The molecule has 0 heterocycles. The van der Waals surface area contributed by atoms with E-state index in [1.807, 2.05) is 6.07 Å². The van der Waals surface area contributed by atoms with E-state index < -0.39 is 50.9 Å². The predicted molar refractivity (Wildman–Crippen MR) is 146 cm³/mol. The molecule has 1 rings (SSSR count). The van der Waals surface area contributed by atoms with E-state index in [1.54, 1.807) is 79.7 Å². The number of carbonyl (C=O) groups excluding carboxylic acids is 3. The Morgan fingerprint density at radius 1 is 0.923 bits per heavy atom. The Morgan fingerprint density at radius 3 is 2.05 bits per heavy atom. The third-order valence-electron chi connectivity index (χ3n) is 5.21. The zero-order chi connectivity index (χ0) is 30.1. The topological polar surface area (TPSA) is 146 Å². The van der Waals surface area contributed by atoms with E-state index in [0.717, 1.165) is 0 Å². The molecule has 0 saturated carbocycles. The molecule has 2 N–H and O–H groups in total. The van der Waals surface area contributed by atoms with Gasteiger partial charge in [-0.25, -0.2) is 9.59 Å². The van der Waals surface area contributed by atoms with Crippen LogP contribution in [0.1, 0.15) is 74.3 Å². The Labute approximate surface area is 232 Å². The van der Waals surface area contributed by atoms with E-state index in [9.17, 15) is 22.8 Å². The lowest BCUT2D eigenvalue weighted by molar-refractivity contribution is -0.153. The van der Waals surface area contributed by atoms with Crippen molar-refractivity contribution in [1.82, 2.24) is 10.0 Å². The molecule has 0 bridgehead atoms. The van der Waals surface area contributed by atoms with Crippen LogP contribution in [0.3, 0.4) is 0 Å². The van der Waals surface area contributed by atoms with Crippen LogP contribution < -0.4 is 10.0 Å². The molecule has 0 aromatic heterocycles. The third-order valence-corrected chi connectivity index (χ3v) is 6.30. The first-order valence-corrected chi connectivity index (χ1v) is 14.2. The normalized spacial score (nSPS) is 14.2. The number of alkyl carbamates (subject to hydrolysis) is 1. The first-order valence-electron chi connectivity index (χ1n) is 12.7. The van der Waals surface area contributed by atoms with Gasteiger partial charge in [0, 0.05) is 0 Å². The van der Waals surface area contributed by atoms with Crippen LogP contribution >= 0.6 is 0 Å². The molecule has 12 heteroatoms. The maximum Gasteiger partial charge on any atom is 0.408 e. The van der Waals surface area contributed by atoms with E-state index in [-0.39, 0.29) is 25.8 Å². The second-order valence-corrected chi connectivity index (χ2v) is 13.5. The van der Waals surface area contributed by atoms with Crippen LogP contribution in [0.15, 0.2) is 30.3 Å². The largest absolute Gasteiger partial charge is 0.465 e. The SMILES string of the molecule is C[C@H](NS(=O)(=O)OCC(C)(C)CCOC(=O)C(C)(C)C)[C@H](NC(=O)OC(C)(C)C)C(=O)OCc1ccccc1. The minimum Gasteiger partial charge on any atom is -0.465 e. The monoisotopic (exact) mass is 572 g/mol. The maximum absolute atomic E-state index is 12.9. The summed E-state index contributed by atoms with van der Waals surface area (Å²) in [7, 11) is -4.35. The van der Waals surface area contributed by atoms with Gasteiger partial charge in [-0.2, -0.15) is 13.1 Å². The van der Waals surface area contributed by atoms with Gasteiger partial charge in [-0.15, -0.1) is 0 Å². The van der Waals surface area contributed by atoms with Gasteiger partial charge in [-0.05, 0) is 65.9 Å². The number of hydrogen-bond donors (Lipinski definition) is 2. The molecule has 0 radical (unpaired) electrons. The standard InChI is InChI=1S/C27H44N2O9S/c1-19(29-39(33,34)37-18-27(8,9)15-16-35-23(31)25(2,3)4)21(28-24(32)38-26(5,6)7)22(30)36-17-20-13-11-10-12-14-20/h10-14,19,21,29H,15-18H2,1-9H3,(H,28,32)/t19-,21-/m0/s1. The van der Waals surface area contributed by atoms with E-state index in [0.29, 0.717) is 12.0 Å². The highest BCUT2D eigenvalue weighted by Crippen LogP contribution is 2.23. The van der Waals surface area contributed by atoms with Crippen LogP contribution in [0, 0.1) is 10.8 Å². The molecule has 0 aliphatic carbocycles. The van der Waals surface area contributed by atoms with Crippen molar-refractivity contribution in [2.75, 3.05) is 13.2 Å². The van der Waals surface area contributed by atoms with Gasteiger partial charge in [0.2, 0.25) is 0 Å². The Hall–Kier alpha value is -2.70. The van der Waals surface area contributed by atoms with Crippen molar-refractivity contribution in [3.8, 4) is 0 Å². The molecule has 2 atom stereocenters. The molecular weight excluding hydrogens is 528 g/mol. The lowest BCUT2D eigenvalue weighted by Crippen LogP contribution is -2.55. The summed E-state index contributed by atoms with van der Waals surface area (Å²) in [5, 5.41) is 2.39. The second-order valence-electron chi connectivity index (χ2n) is 12.1. The number of rotatable bonds is 13. The minimum atomic E-state index is -4.35. The number of esters is 2. The van der Waals surface area contributed by atoms with Crippen molar-refractivity contribution >= 4 is 28.3 Å². The third kappa shape index (κ3) is 14.3. The molecule has 222 valence electrons. The Kier molecular flexibility index (Phi) is 12.4. The number of hydrogen-bond acceptors (Lipinski definition) is 9. The van der Waals surface area contributed by atoms with Gasteiger partial charge < -0.3 is 19.5 Å². The van der Waals surface area contributed by atoms with Crippen molar-refractivity contribution in [3.63, 3.8) is 0 Å². The van der Waals surface area contributed by atoms with Crippen molar-refractivity contribution in [3.05, 3.63) is 35.9 Å². The van der Waals surface area contributed by atoms with Crippen LogP contribution in [0.5, 0.6) is 0 Å². The molecule has 1 amide bonds. The molecule has 0 aliphatic heterocycles. The number of ether oxygens (including phenoxy) is 3. The Bertz CT molecular complexity index is 1060. The summed E-state index contributed by atoms with van der Waals surface area (Å²) in [5.41, 5.74) is -1.43. The number of nitrogens with one attached hydrogen (secondary N) is 2. The number of carbonyl (C=O) groups is 3. The van der Waals surface area contributed by atoms with Gasteiger partial charge in [0.05, 0.1) is 24.7 Å². The fraction of sp³-hybridized carbons (Fsp3) is 0.667. The Balaban J connectivity index is 2.83. The van der Waals surface area contributed by atoms with Gasteiger partial charge in [0.15, 0.2) is 0 Å². The number of benzene rings is 1.